The fourth-order valence-electron chi connectivity index (χ4n) is 3.31. The maximum Gasteiger partial charge on any atom is 0.244 e. The standard InChI is InChI=1S/C19H21BrN2O2S/c1-3-12(4-2)19(24)22-11-17(23)21-15-8-7-13(20)10-14(15)18(22)16-6-5-9-25-16/h5-10,12,18H,3-4,11H2,1-2H3,(H,21,23). The number of hydrogen-bond acceptors (Lipinski definition) is 3. The van der Waals surface area contributed by atoms with Crippen molar-refractivity contribution in [2.75, 3.05) is 11.9 Å². The van der Waals surface area contributed by atoms with Crippen molar-refractivity contribution in [3.05, 3.63) is 50.6 Å². The lowest BCUT2D eigenvalue weighted by atomic mass is 9.97. The zero-order valence-corrected chi connectivity index (χ0v) is 16.7. The van der Waals surface area contributed by atoms with Gasteiger partial charge < -0.3 is 10.2 Å². The number of thiophene rings is 1. The number of carbonyl (C=O) groups excluding carboxylic acids is 2. The molecule has 1 aliphatic rings. The third-order valence-corrected chi connectivity index (χ3v) is 6.06. The van der Waals surface area contributed by atoms with Gasteiger partial charge in [0.2, 0.25) is 11.8 Å². The molecule has 25 heavy (non-hydrogen) atoms. The summed E-state index contributed by atoms with van der Waals surface area (Å²) in [7, 11) is 0. The Morgan fingerprint density at radius 2 is 2.12 bits per heavy atom. The second-order valence-electron chi connectivity index (χ2n) is 6.18. The zero-order chi connectivity index (χ0) is 18.0. The molecule has 0 saturated heterocycles. The van der Waals surface area contributed by atoms with Crippen LogP contribution < -0.4 is 5.32 Å². The molecule has 132 valence electrons. The Balaban J connectivity index is 2.15. The molecule has 0 radical (unpaired) electrons. The Labute approximate surface area is 160 Å². The summed E-state index contributed by atoms with van der Waals surface area (Å²) in [5.74, 6) is -0.169. The highest BCUT2D eigenvalue weighted by Gasteiger charge is 2.36. The van der Waals surface area contributed by atoms with Gasteiger partial charge in [0.25, 0.3) is 0 Å². The lowest BCUT2D eigenvalue weighted by Crippen LogP contribution is -2.41. The molecule has 1 unspecified atom stereocenters. The number of halogens is 1. The van der Waals surface area contributed by atoms with Crippen molar-refractivity contribution in [2.45, 2.75) is 32.7 Å². The Hall–Kier alpha value is -1.66. The second kappa shape index (κ2) is 7.70. The fraction of sp³-hybridized carbons (Fsp3) is 0.368. The first-order valence-electron chi connectivity index (χ1n) is 8.48. The van der Waals surface area contributed by atoms with Gasteiger partial charge in [0, 0.05) is 26.5 Å². The second-order valence-corrected chi connectivity index (χ2v) is 8.07. The van der Waals surface area contributed by atoms with Crippen molar-refractivity contribution in [3.63, 3.8) is 0 Å². The first-order valence-corrected chi connectivity index (χ1v) is 10.2. The molecule has 0 saturated carbocycles. The molecule has 0 fully saturated rings. The van der Waals surface area contributed by atoms with Crippen LogP contribution >= 0.6 is 27.3 Å². The average molecular weight is 421 g/mol. The van der Waals surface area contributed by atoms with E-state index in [0.717, 1.165) is 33.4 Å². The van der Waals surface area contributed by atoms with E-state index in [0.29, 0.717) is 0 Å². The molecule has 3 rings (SSSR count). The lowest BCUT2D eigenvalue weighted by molar-refractivity contribution is -0.140. The normalized spacial score (nSPS) is 17.2. The van der Waals surface area contributed by atoms with E-state index in [9.17, 15) is 9.59 Å². The number of carbonyl (C=O) groups is 2. The number of amides is 2. The molecule has 1 aliphatic heterocycles. The van der Waals surface area contributed by atoms with E-state index in [1.165, 1.54) is 0 Å². The van der Waals surface area contributed by atoms with Gasteiger partial charge in [-0.2, -0.15) is 0 Å². The molecular weight excluding hydrogens is 400 g/mol. The number of rotatable bonds is 4. The number of benzene rings is 1. The van der Waals surface area contributed by atoms with E-state index < -0.39 is 0 Å². The highest BCUT2D eigenvalue weighted by molar-refractivity contribution is 9.10. The van der Waals surface area contributed by atoms with Gasteiger partial charge in [-0.05, 0) is 42.5 Å². The zero-order valence-electron chi connectivity index (χ0n) is 14.3. The van der Waals surface area contributed by atoms with Crippen LogP contribution in [0.4, 0.5) is 5.69 Å². The topological polar surface area (TPSA) is 49.4 Å². The van der Waals surface area contributed by atoms with Crippen molar-refractivity contribution in [3.8, 4) is 0 Å². The summed E-state index contributed by atoms with van der Waals surface area (Å²) < 4.78 is 0.930. The maximum atomic E-state index is 13.2. The molecule has 0 bridgehead atoms. The minimum Gasteiger partial charge on any atom is -0.324 e. The molecule has 1 N–H and O–H groups in total. The lowest BCUT2D eigenvalue weighted by Gasteiger charge is -2.32. The summed E-state index contributed by atoms with van der Waals surface area (Å²) in [6.45, 7) is 4.12. The van der Waals surface area contributed by atoms with Crippen LogP contribution in [0.5, 0.6) is 0 Å². The van der Waals surface area contributed by atoms with Crippen LogP contribution in [0.1, 0.15) is 43.2 Å². The van der Waals surface area contributed by atoms with Gasteiger partial charge in [-0.25, -0.2) is 0 Å². The summed E-state index contributed by atoms with van der Waals surface area (Å²) in [6, 6.07) is 9.56. The van der Waals surface area contributed by atoms with Crippen LogP contribution in [0.25, 0.3) is 0 Å². The third-order valence-electron chi connectivity index (χ3n) is 4.64. The molecule has 0 spiro atoms. The summed E-state index contributed by atoms with van der Waals surface area (Å²) in [4.78, 5) is 28.5. The van der Waals surface area contributed by atoms with Crippen molar-refractivity contribution >= 4 is 44.8 Å². The molecule has 4 nitrogen and oxygen atoms in total. The largest absolute Gasteiger partial charge is 0.324 e. The van der Waals surface area contributed by atoms with Crippen LogP contribution in [0.15, 0.2) is 40.2 Å². The predicted octanol–water partition coefficient (Wildman–Crippen LogP) is 4.82. The molecule has 2 aromatic rings. The SMILES string of the molecule is CCC(CC)C(=O)N1CC(=O)Nc2ccc(Br)cc2C1c1cccs1. The van der Waals surface area contributed by atoms with Gasteiger partial charge >= 0.3 is 0 Å². The van der Waals surface area contributed by atoms with E-state index in [1.54, 1.807) is 16.2 Å². The highest BCUT2D eigenvalue weighted by Crippen LogP contribution is 2.39. The summed E-state index contributed by atoms with van der Waals surface area (Å²) in [5, 5.41) is 4.96. The van der Waals surface area contributed by atoms with Crippen LogP contribution in [-0.4, -0.2) is 23.3 Å². The van der Waals surface area contributed by atoms with Crippen LogP contribution in [0, 0.1) is 5.92 Å². The molecule has 0 aliphatic carbocycles. The summed E-state index contributed by atoms with van der Waals surface area (Å²) in [5.41, 5.74) is 1.72. The maximum absolute atomic E-state index is 13.2. The van der Waals surface area contributed by atoms with Crippen molar-refractivity contribution in [2.24, 2.45) is 5.92 Å². The number of fused-ring (bicyclic) bond motifs is 1. The molecular formula is C19H21BrN2O2S. The van der Waals surface area contributed by atoms with Crippen molar-refractivity contribution in [1.29, 1.82) is 0 Å². The van der Waals surface area contributed by atoms with E-state index in [1.807, 2.05) is 49.6 Å². The monoisotopic (exact) mass is 420 g/mol. The highest BCUT2D eigenvalue weighted by atomic mass is 79.9. The summed E-state index contributed by atoms with van der Waals surface area (Å²) >= 11 is 5.13. The number of anilines is 1. The minimum absolute atomic E-state index is 0.0476. The van der Waals surface area contributed by atoms with Gasteiger partial charge in [0.1, 0.15) is 6.54 Å². The van der Waals surface area contributed by atoms with Crippen LogP contribution in [-0.2, 0) is 9.59 Å². The smallest absolute Gasteiger partial charge is 0.244 e. The van der Waals surface area contributed by atoms with E-state index in [2.05, 4.69) is 21.2 Å². The van der Waals surface area contributed by atoms with Gasteiger partial charge in [0.05, 0.1) is 6.04 Å². The molecule has 1 aromatic carbocycles. The Morgan fingerprint density at radius 1 is 1.36 bits per heavy atom. The molecule has 2 amide bonds. The van der Waals surface area contributed by atoms with Gasteiger partial charge in [0.15, 0.2) is 0 Å². The predicted molar refractivity (Wildman–Crippen MR) is 105 cm³/mol. The van der Waals surface area contributed by atoms with Crippen molar-refractivity contribution < 1.29 is 9.59 Å². The van der Waals surface area contributed by atoms with Gasteiger partial charge in [-0.3, -0.25) is 9.59 Å². The Bertz CT molecular complexity index is 772. The van der Waals surface area contributed by atoms with Gasteiger partial charge in [-0.1, -0.05) is 35.8 Å². The fourth-order valence-corrected chi connectivity index (χ4v) is 4.54. The molecule has 1 atom stereocenters. The quantitative estimate of drug-likeness (QED) is 0.770. The first-order chi connectivity index (χ1) is 12.0. The minimum atomic E-state index is -0.250. The van der Waals surface area contributed by atoms with Crippen LogP contribution in [0.3, 0.4) is 0 Å². The number of nitrogens with zero attached hydrogens (tertiary/aromatic N) is 1. The third kappa shape index (κ3) is 3.65. The number of hydrogen-bond donors (Lipinski definition) is 1. The van der Waals surface area contributed by atoms with E-state index in [-0.39, 0.29) is 30.3 Å². The average Bonchev–Trinajstić information content (AvgIpc) is 3.07. The molecule has 2 heterocycles. The Morgan fingerprint density at radius 3 is 2.76 bits per heavy atom. The Kier molecular flexibility index (Phi) is 5.59. The first kappa shape index (κ1) is 18.1. The van der Waals surface area contributed by atoms with Crippen LogP contribution in [0.2, 0.25) is 0 Å². The van der Waals surface area contributed by atoms with Gasteiger partial charge in [-0.15, -0.1) is 11.3 Å². The van der Waals surface area contributed by atoms with E-state index >= 15 is 0 Å². The number of nitrogens with one attached hydrogen (secondary N) is 1. The summed E-state index contributed by atoms with van der Waals surface area (Å²) in [6.07, 6.45) is 1.55. The van der Waals surface area contributed by atoms with E-state index in [4.69, 9.17) is 0 Å². The molecule has 6 heteroatoms. The molecule has 1 aromatic heterocycles. The van der Waals surface area contributed by atoms with Crippen molar-refractivity contribution in [1.82, 2.24) is 4.90 Å².